The van der Waals surface area contributed by atoms with E-state index < -0.39 is 0 Å². The number of carbonyl (C=O) groups is 1. The Hall–Kier alpha value is -2.74. The highest BCUT2D eigenvalue weighted by molar-refractivity contribution is 7.99. The second-order valence-corrected chi connectivity index (χ2v) is 7.27. The van der Waals surface area contributed by atoms with Crippen molar-refractivity contribution in [2.24, 2.45) is 5.92 Å². The van der Waals surface area contributed by atoms with Gasteiger partial charge in [-0.3, -0.25) is 9.36 Å². The first-order valence-corrected chi connectivity index (χ1v) is 9.59. The number of para-hydroxylation sites is 2. The lowest BCUT2D eigenvalue weighted by Crippen LogP contribution is -2.15. The number of rotatable bonds is 8. The van der Waals surface area contributed by atoms with E-state index in [-0.39, 0.29) is 11.7 Å². The first-order chi connectivity index (χ1) is 13.1. The van der Waals surface area contributed by atoms with Gasteiger partial charge in [0.25, 0.3) is 0 Å². The Morgan fingerprint density at radius 1 is 1.26 bits per heavy atom. The van der Waals surface area contributed by atoms with Crippen molar-refractivity contribution in [1.29, 1.82) is 0 Å². The van der Waals surface area contributed by atoms with Gasteiger partial charge in [0.2, 0.25) is 5.91 Å². The lowest BCUT2D eigenvalue weighted by Gasteiger charge is -2.12. The maximum Gasteiger partial charge on any atom is 0.234 e. The van der Waals surface area contributed by atoms with Crippen LogP contribution in [0, 0.1) is 5.92 Å². The van der Waals surface area contributed by atoms with E-state index in [4.69, 9.17) is 9.15 Å². The Labute approximate surface area is 162 Å². The molecular formula is C19H22N4O3S. The third-order valence-corrected chi connectivity index (χ3v) is 4.69. The minimum atomic E-state index is -0.136. The molecule has 142 valence electrons. The molecule has 0 fully saturated rings. The molecule has 8 heteroatoms. The minimum absolute atomic E-state index is 0.136. The summed E-state index contributed by atoms with van der Waals surface area (Å²) >= 11 is 1.34. The largest absolute Gasteiger partial charge is 0.495 e. The SMILES string of the molecule is COc1ccccc1NC(=O)CSc1nnc(-c2ccco2)n1CC(C)C. The molecule has 0 saturated carbocycles. The van der Waals surface area contributed by atoms with Crippen LogP contribution in [0.1, 0.15) is 13.8 Å². The van der Waals surface area contributed by atoms with Crippen molar-refractivity contribution in [2.45, 2.75) is 25.5 Å². The summed E-state index contributed by atoms with van der Waals surface area (Å²) in [6, 6.07) is 11.0. The van der Waals surface area contributed by atoms with Gasteiger partial charge in [0.05, 0.1) is 24.8 Å². The Morgan fingerprint density at radius 3 is 2.78 bits per heavy atom. The van der Waals surface area contributed by atoms with Gasteiger partial charge in [-0.15, -0.1) is 10.2 Å². The van der Waals surface area contributed by atoms with Gasteiger partial charge in [-0.05, 0) is 30.2 Å². The molecule has 27 heavy (non-hydrogen) atoms. The molecule has 3 aromatic rings. The molecule has 0 spiro atoms. The van der Waals surface area contributed by atoms with E-state index >= 15 is 0 Å². The van der Waals surface area contributed by atoms with Gasteiger partial charge in [0.15, 0.2) is 16.7 Å². The Bertz CT molecular complexity index is 890. The predicted molar refractivity (Wildman–Crippen MR) is 105 cm³/mol. The number of thioether (sulfide) groups is 1. The zero-order valence-electron chi connectivity index (χ0n) is 15.5. The van der Waals surface area contributed by atoms with Crippen molar-refractivity contribution >= 4 is 23.4 Å². The summed E-state index contributed by atoms with van der Waals surface area (Å²) in [7, 11) is 1.57. The average molecular weight is 386 g/mol. The van der Waals surface area contributed by atoms with Crippen LogP contribution in [0.2, 0.25) is 0 Å². The van der Waals surface area contributed by atoms with Gasteiger partial charge < -0.3 is 14.5 Å². The molecular weight excluding hydrogens is 364 g/mol. The number of ether oxygens (including phenoxy) is 1. The number of hydrogen-bond acceptors (Lipinski definition) is 6. The molecule has 0 radical (unpaired) electrons. The van der Waals surface area contributed by atoms with Crippen LogP contribution in [0.4, 0.5) is 5.69 Å². The molecule has 0 unspecified atom stereocenters. The summed E-state index contributed by atoms with van der Waals surface area (Å²) in [5.74, 6) is 2.43. The predicted octanol–water partition coefficient (Wildman–Crippen LogP) is 3.93. The standard InChI is InChI=1S/C19H22N4O3S/c1-13(2)11-23-18(16-9-6-10-26-16)21-22-19(23)27-12-17(24)20-14-7-4-5-8-15(14)25-3/h4-10,13H,11-12H2,1-3H3,(H,20,24). The van der Waals surface area contributed by atoms with E-state index in [0.29, 0.717) is 34.1 Å². The maximum absolute atomic E-state index is 12.4. The van der Waals surface area contributed by atoms with Crippen LogP contribution in [0.25, 0.3) is 11.6 Å². The topological polar surface area (TPSA) is 82.2 Å². The molecule has 1 aromatic carbocycles. The number of furan rings is 1. The summed E-state index contributed by atoms with van der Waals surface area (Å²) in [6.07, 6.45) is 1.61. The molecule has 7 nitrogen and oxygen atoms in total. The van der Waals surface area contributed by atoms with Crippen LogP contribution in [0.5, 0.6) is 5.75 Å². The summed E-state index contributed by atoms with van der Waals surface area (Å²) in [5.41, 5.74) is 0.644. The summed E-state index contributed by atoms with van der Waals surface area (Å²) in [5, 5.41) is 12.0. The van der Waals surface area contributed by atoms with Crippen molar-refractivity contribution in [3.8, 4) is 17.3 Å². The van der Waals surface area contributed by atoms with Crippen molar-refractivity contribution in [3.05, 3.63) is 42.7 Å². The van der Waals surface area contributed by atoms with E-state index in [9.17, 15) is 4.79 Å². The zero-order valence-corrected chi connectivity index (χ0v) is 16.3. The molecule has 0 atom stereocenters. The highest BCUT2D eigenvalue weighted by atomic mass is 32.2. The number of benzene rings is 1. The molecule has 1 N–H and O–H groups in total. The van der Waals surface area contributed by atoms with Crippen molar-refractivity contribution in [2.75, 3.05) is 18.2 Å². The first-order valence-electron chi connectivity index (χ1n) is 8.61. The molecule has 0 saturated heterocycles. The Kier molecular flexibility index (Phi) is 6.18. The molecule has 0 aliphatic carbocycles. The van der Waals surface area contributed by atoms with Crippen LogP contribution >= 0.6 is 11.8 Å². The number of anilines is 1. The second-order valence-electron chi connectivity index (χ2n) is 6.33. The number of amides is 1. The Balaban J connectivity index is 1.71. The highest BCUT2D eigenvalue weighted by Crippen LogP contribution is 2.27. The third-order valence-electron chi connectivity index (χ3n) is 3.72. The number of methoxy groups -OCH3 is 1. The van der Waals surface area contributed by atoms with Crippen LogP contribution in [-0.2, 0) is 11.3 Å². The average Bonchev–Trinajstić information content (AvgIpc) is 3.30. The maximum atomic E-state index is 12.4. The zero-order chi connectivity index (χ0) is 19.2. The van der Waals surface area contributed by atoms with Crippen LogP contribution in [-0.4, -0.2) is 33.5 Å². The lowest BCUT2D eigenvalue weighted by molar-refractivity contribution is -0.113. The number of aromatic nitrogens is 3. The Morgan fingerprint density at radius 2 is 2.07 bits per heavy atom. The smallest absolute Gasteiger partial charge is 0.234 e. The van der Waals surface area contributed by atoms with Crippen molar-refractivity contribution < 1.29 is 13.9 Å². The fraction of sp³-hybridized carbons (Fsp3) is 0.316. The lowest BCUT2D eigenvalue weighted by atomic mass is 10.2. The summed E-state index contributed by atoms with van der Waals surface area (Å²) in [6.45, 7) is 4.98. The number of carbonyl (C=O) groups excluding carboxylic acids is 1. The van der Waals surface area contributed by atoms with Crippen molar-refractivity contribution in [3.63, 3.8) is 0 Å². The van der Waals surface area contributed by atoms with Gasteiger partial charge in [-0.1, -0.05) is 37.7 Å². The van der Waals surface area contributed by atoms with E-state index in [0.717, 1.165) is 6.54 Å². The number of nitrogens with one attached hydrogen (secondary N) is 1. The normalized spacial score (nSPS) is 11.0. The third kappa shape index (κ3) is 4.71. The molecule has 2 heterocycles. The summed E-state index contributed by atoms with van der Waals surface area (Å²) in [4.78, 5) is 12.4. The number of nitrogens with zero attached hydrogens (tertiary/aromatic N) is 3. The number of hydrogen-bond donors (Lipinski definition) is 1. The quantitative estimate of drug-likeness (QED) is 0.591. The van der Waals surface area contributed by atoms with E-state index in [2.05, 4.69) is 29.4 Å². The molecule has 2 aromatic heterocycles. The van der Waals surface area contributed by atoms with Gasteiger partial charge in [0.1, 0.15) is 5.75 Å². The fourth-order valence-corrected chi connectivity index (χ4v) is 3.33. The molecule has 1 amide bonds. The monoisotopic (exact) mass is 386 g/mol. The van der Waals surface area contributed by atoms with E-state index in [1.807, 2.05) is 28.8 Å². The van der Waals surface area contributed by atoms with Gasteiger partial charge in [-0.25, -0.2) is 0 Å². The molecule has 0 aliphatic rings. The fourth-order valence-electron chi connectivity index (χ4n) is 2.58. The van der Waals surface area contributed by atoms with Crippen molar-refractivity contribution in [1.82, 2.24) is 14.8 Å². The van der Waals surface area contributed by atoms with Crippen LogP contribution in [0.15, 0.2) is 52.2 Å². The molecule has 3 rings (SSSR count). The van der Waals surface area contributed by atoms with E-state index in [1.165, 1.54) is 11.8 Å². The van der Waals surface area contributed by atoms with Gasteiger partial charge >= 0.3 is 0 Å². The van der Waals surface area contributed by atoms with Gasteiger partial charge in [-0.2, -0.15) is 0 Å². The molecule has 0 bridgehead atoms. The molecule has 0 aliphatic heterocycles. The highest BCUT2D eigenvalue weighted by Gasteiger charge is 2.18. The van der Waals surface area contributed by atoms with Crippen LogP contribution < -0.4 is 10.1 Å². The first kappa shape index (κ1) is 19.0. The van der Waals surface area contributed by atoms with Crippen LogP contribution in [0.3, 0.4) is 0 Å². The van der Waals surface area contributed by atoms with Gasteiger partial charge in [0, 0.05) is 6.54 Å². The summed E-state index contributed by atoms with van der Waals surface area (Å²) < 4.78 is 12.7. The second kappa shape index (κ2) is 8.77. The minimum Gasteiger partial charge on any atom is -0.495 e. The van der Waals surface area contributed by atoms with E-state index in [1.54, 1.807) is 25.5 Å².